The van der Waals surface area contributed by atoms with Gasteiger partial charge in [0.1, 0.15) is 0 Å². The molecule has 2 heterocycles. The van der Waals surface area contributed by atoms with Crippen LogP contribution >= 0.6 is 11.3 Å². The van der Waals surface area contributed by atoms with E-state index in [0.717, 1.165) is 32.5 Å². The van der Waals surface area contributed by atoms with Crippen LogP contribution in [0.25, 0.3) is 0 Å². The Kier molecular flexibility index (Phi) is 3.15. The fraction of sp³-hybridized carbons (Fsp3) is 0.700. The van der Waals surface area contributed by atoms with Gasteiger partial charge in [-0.1, -0.05) is 6.92 Å². The van der Waals surface area contributed by atoms with E-state index in [1.165, 1.54) is 10.7 Å². The van der Waals surface area contributed by atoms with Crippen LogP contribution in [-0.4, -0.2) is 29.0 Å². The number of rotatable bonds is 3. The molecular formula is C10H17N3S. The Morgan fingerprint density at radius 3 is 3.14 bits per heavy atom. The van der Waals surface area contributed by atoms with E-state index in [4.69, 9.17) is 5.73 Å². The lowest BCUT2D eigenvalue weighted by molar-refractivity contribution is 0.323. The normalized spacial score (nSPS) is 23.1. The molecule has 1 saturated heterocycles. The van der Waals surface area contributed by atoms with E-state index >= 15 is 0 Å². The number of hydrogen-bond donors (Lipinski definition) is 1. The standard InChI is InChI=1S/C10H17N3S/c1-2-10-12-9(7-14-10)6-13-4-3-8(11)5-13/h7-8H,2-6,11H2,1H3. The van der Waals surface area contributed by atoms with Crippen molar-refractivity contribution >= 4 is 11.3 Å². The minimum absolute atomic E-state index is 0.374. The van der Waals surface area contributed by atoms with Crippen LogP contribution in [0.1, 0.15) is 24.0 Å². The van der Waals surface area contributed by atoms with Crippen molar-refractivity contribution in [3.8, 4) is 0 Å². The van der Waals surface area contributed by atoms with E-state index in [2.05, 4.69) is 22.2 Å². The maximum absolute atomic E-state index is 5.85. The molecule has 0 aromatic carbocycles. The first kappa shape index (κ1) is 10.1. The molecule has 0 spiro atoms. The summed E-state index contributed by atoms with van der Waals surface area (Å²) in [6.45, 7) is 5.28. The van der Waals surface area contributed by atoms with Crippen LogP contribution in [0.5, 0.6) is 0 Å². The fourth-order valence-electron chi connectivity index (χ4n) is 1.82. The maximum atomic E-state index is 5.85. The van der Waals surface area contributed by atoms with Crippen LogP contribution in [0.2, 0.25) is 0 Å². The zero-order valence-electron chi connectivity index (χ0n) is 8.57. The summed E-state index contributed by atoms with van der Waals surface area (Å²) in [7, 11) is 0. The third-order valence-corrected chi connectivity index (χ3v) is 3.64. The molecule has 2 N–H and O–H groups in total. The molecule has 3 nitrogen and oxygen atoms in total. The highest BCUT2D eigenvalue weighted by molar-refractivity contribution is 7.09. The highest BCUT2D eigenvalue weighted by Gasteiger charge is 2.19. The summed E-state index contributed by atoms with van der Waals surface area (Å²) in [5.41, 5.74) is 7.06. The molecule has 1 aromatic rings. The van der Waals surface area contributed by atoms with Gasteiger partial charge in [-0.25, -0.2) is 4.98 Å². The fourth-order valence-corrected chi connectivity index (χ4v) is 2.56. The molecule has 1 aliphatic rings. The van der Waals surface area contributed by atoms with Gasteiger partial charge in [-0.2, -0.15) is 0 Å². The molecule has 1 aromatic heterocycles. The first-order valence-electron chi connectivity index (χ1n) is 5.19. The molecule has 0 radical (unpaired) electrons. The van der Waals surface area contributed by atoms with Crippen LogP contribution < -0.4 is 5.73 Å². The number of likely N-dealkylation sites (tertiary alicyclic amines) is 1. The number of hydrogen-bond acceptors (Lipinski definition) is 4. The van der Waals surface area contributed by atoms with E-state index in [1.807, 2.05) is 0 Å². The zero-order chi connectivity index (χ0) is 9.97. The summed E-state index contributed by atoms with van der Waals surface area (Å²) in [4.78, 5) is 6.94. The molecule has 0 aliphatic carbocycles. The molecule has 2 rings (SSSR count). The van der Waals surface area contributed by atoms with Crippen LogP contribution in [0.15, 0.2) is 5.38 Å². The van der Waals surface area contributed by atoms with Crippen LogP contribution in [0.4, 0.5) is 0 Å². The number of aromatic nitrogens is 1. The van der Waals surface area contributed by atoms with Crippen LogP contribution in [-0.2, 0) is 13.0 Å². The van der Waals surface area contributed by atoms with Gasteiger partial charge in [-0.15, -0.1) is 11.3 Å². The lowest BCUT2D eigenvalue weighted by Gasteiger charge is -2.12. The first-order valence-corrected chi connectivity index (χ1v) is 6.07. The lowest BCUT2D eigenvalue weighted by Crippen LogP contribution is -2.26. The monoisotopic (exact) mass is 211 g/mol. The zero-order valence-corrected chi connectivity index (χ0v) is 9.39. The Morgan fingerprint density at radius 1 is 1.71 bits per heavy atom. The summed E-state index contributed by atoms with van der Waals surface area (Å²) in [5.74, 6) is 0. The number of thiazole rings is 1. The molecule has 4 heteroatoms. The third-order valence-electron chi connectivity index (χ3n) is 2.60. The molecule has 14 heavy (non-hydrogen) atoms. The van der Waals surface area contributed by atoms with Gasteiger partial charge in [0.2, 0.25) is 0 Å². The minimum atomic E-state index is 0.374. The minimum Gasteiger partial charge on any atom is -0.326 e. The summed E-state index contributed by atoms with van der Waals surface area (Å²) < 4.78 is 0. The van der Waals surface area contributed by atoms with Crippen molar-refractivity contribution < 1.29 is 0 Å². The number of nitrogens with two attached hydrogens (primary N) is 1. The van der Waals surface area contributed by atoms with Gasteiger partial charge in [0.15, 0.2) is 0 Å². The Morgan fingerprint density at radius 2 is 2.57 bits per heavy atom. The smallest absolute Gasteiger partial charge is 0.0926 e. The van der Waals surface area contributed by atoms with Gasteiger partial charge >= 0.3 is 0 Å². The Hall–Kier alpha value is -0.450. The average Bonchev–Trinajstić information content (AvgIpc) is 2.76. The molecule has 1 atom stereocenters. The second-order valence-corrected chi connectivity index (χ2v) is 4.81. The quantitative estimate of drug-likeness (QED) is 0.818. The second-order valence-electron chi connectivity index (χ2n) is 3.87. The van der Waals surface area contributed by atoms with Gasteiger partial charge in [0, 0.05) is 31.1 Å². The van der Waals surface area contributed by atoms with Crippen molar-refractivity contribution in [2.24, 2.45) is 5.73 Å². The highest BCUT2D eigenvalue weighted by atomic mass is 32.1. The molecule has 1 unspecified atom stereocenters. The van der Waals surface area contributed by atoms with Crippen LogP contribution in [0, 0.1) is 0 Å². The summed E-state index contributed by atoms with van der Waals surface area (Å²) in [6.07, 6.45) is 2.18. The lowest BCUT2D eigenvalue weighted by atomic mass is 10.3. The predicted octanol–water partition coefficient (Wildman–Crippen LogP) is 1.24. The van der Waals surface area contributed by atoms with Gasteiger partial charge in [0.05, 0.1) is 10.7 Å². The van der Waals surface area contributed by atoms with Gasteiger partial charge in [0.25, 0.3) is 0 Å². The van der Waals surface area contributed by atoms with Crippen molar-refractivity contribution in [2.45, 2.75) is 32.4 Å². The van der Waals surface area contributed by atoms with Crippen molar-refractivity contribution in [3.63, 3.8) is 0 Å². The summed E-state index contributed by atoms with van der Waals surface area (Å²) >= 11 is 1.76. The van der Waals surface area contributed by atoms with E-state index in [-0.39, 0.29) is 0 Å². The molecule has 1 fully saturated rings. The van der Waals surface area contributed by atoms with E-state index in [1.54, 1.807) is 11.3 Å². The van der Waals surface area contributed by atoms with Crippen molar-refractivity contribution in [1.29, 1.82) is 0 Å². The summed E-state index contributed by atoms with van der Waals surface area (Å²) in [5, 5.41) is 3.41. The van der Waals surface area contributed by atoms with E-state index in [0.29, 0.717) is 6.04 Å². The SMILES string of the molecule is CCc1nc(CN2CCC(N)C2)cs1. The number of aryl methyl sites for hydroxylation is 1. The van der Waals surface area contributed by atoms with Gasteiger partial charge in [-0.3, -0.25) is 4.90 Å². The Bertz CT molecular complexity index is 297. The summed E-state index contributed by atoms with van der Waals surface area (Å²) in [6, 6.07) is 0.374. The van der Waals surface area contributed by atoms with Crippen molar-refractivity contribution in [3.05, 3.63) is 16.1 Å². The van der Waals surface area contributed by atoms with E-state index in [9.17, 15) is 0 Å². The molecule has 78 valence electrons. The van der Waals surface area contributed by atoms with Gasteiger partial charge < -0.3 is 5.73 Å². The van der Waals surface area contributed by atoms with Crippen LogP contribution in [0.3, 0.4) is 0 Å². The maximum Gasteiger partial charge on any atom is 0.0926 e. The van der Waals surface area contributed by atoms with E-state index < -0.39 is 0 Å². The highest BCUT2D eigenvalue weighted by Crippen LogP contribution is 2.15. The topological polar surface area (TPSA) is 42.2 Å². The third kappa shape index (κ3) is 2.32. The molecule has 0 saturated carbocycles. The first-order chi connectivity index (χ1) is 6.78. The number of nitrogens with zero attached hydrogens (tertiary/aromatic N) is 2. The Labute approximate surface area is 88.9 Å². The second kappa shape index (κ2) is 4.38. The molecule has 1 aliphatic heterocycles. The predicted molar refractivity (Wildman–Crippen MR) is 59.4 cm³/mol. The molecular weight excluding hydrogens is 194 g/mol. The Balaban J connectivity index is 1.90. The largest absolute Gasteiger partial charge is 0.326 e. The van der Waals surface area contributed by atoms with Crippen molar-refractivity contribution in [1.82, 2.24) is 9.88 Å². The van der Waals surface area contributed by atoms with Crippen molar-refractivity contribution in [2.75, 3.05) is 13.1 Å². The van der Waals surface area contributed by atoms with Gasteiger partial charge in [-0.05, 0) is 12.8 Å². The average molecular weight is 211 g/mol. The molecule has 0 bridgehead atoms. The molecule has 0 amide bonds.